The van der Waals surface area contributed by atoms with Crippen molar-refractivity contribution in [3.63, 3.8) is 0 Å². The third-order valence-corrected chi connectivity index (χ3v) is 6.61. The summed E-state index contributed by atoms with van der Waals surface area (Å²) < 4.78 is 2.17. The Morgan fingerprint density at radius 3 is 1.84 bits per heavy atom. The number of carbonyl (C=O) groups excluding carboxylic acids is 1. The molecule has 1 aromatic heterocycles. The summed E-state index contributed by atoms with van der Waals surface area (Å²) in [6.45, 7) is 5.02. The van der Waals surface area contributed by atoms with Crippen molar-refractivity contribution < 1.29 is 4.79 Å². The fourth-order valence-corrected chi connectivity index (χ4v) is 5.07. The first-order valence-electron chi connectivity index (χ1n) is 10.7. The van der Waals surface area contributed by atoms with Crippen LogP contribution in [0.25, 0.3) is 11.3 Å². The van der Waals surface area contributed by atoms with Crippen LogP contribution in [0.2, 0.25) is 0 Å². The van der Waals surface area contributed by atoms with E-state index in [-0.39, 0.29) is 5.91 Å². The van der Waals surface area contributed by atoms with Crippen LogP contribution in [-0.2, 0) is 17.8 Å². The minimum absolute atomic E-state index is 0.136. The molecular formula is C27H26N2OS. The highest BCUT2D eigenvalue weighted by molar-refractivity contribution is 7.09. The van der Waals surface area contributed by atoms with Crippen molar-refractivity contribution in [3.05, 3.63) is 112 Å². The second kappa shape index (κ2) is 9.71. The smallest absolute Gasteiger partial charge is 0.260 e. The highest BCUT2D eigenvalue weighted by atomic mass is 32.1. The molecule has 0 bridgehead atoms. The van der Waals surface area contributed by atoms with Gasteiger partial charge in [-0.2, -0.15) is 4.99 Å². The number of carbonyl (C=O) groups is 1. The molecule has 0 aliphatic heterocycles. The molecule has 4 aromatic rings. The van der Waals surface area contributed by atoms with Crippen molar-refractivity contribution in [1.82, 2.24) is 4.57 Å². The van der Waals surface area contributed by atoms with E-state index in [9.17, 15) is 4.79 Å². The van der Waals surface area contributed by atoms with E-state index < -0.39 is 5.92 Å². The van der Waals surface area contributed by atoms with E-state index in [2.05, 4.69) is 47.7 Å². The summed E-state index contributed by atoms with van der Waals surface area (Å²) in [4.78, 5) is 20.2. The third-order valence-electron chi connectivity index (χ3n) is 5.38. The molecule has 156 valence electrons. The van der Waals surface area contributed by atoms with Gasteiger partial charge in [-0.1, -0.05) is 97.9 Å². The number of hydrogen-bond acceptors (Lipinski definition) is 2. The van der Waals surface area contributed by atoms with Crippen molar-refractivity contribution in [2.24, 2.45) is 4.99 Å². The molecular weight excluding hydrogens is 400 g/mol. The van der Waals surface area contributed by atoms with E-state index in [1.807, 2.05) is 66.7 Å². The normalized spacial score (nSPS) is 11.8. The number of nitrogens with zero attached hydrogens (tertiary/aromatic N) is 2. The predicted molar refractivity (Wildman–Crippen MR) is 128 cm³/mol. The van der Waals surface area contributed by atoms with Crippen molar-refractivity contribution in [3.8, 4) is 11.3 Å². The summed E-state index contributed by atoms with van der Waals surface area (Å²) in [7, 11) is 0. The molecule has 0 aliphatic rings. The lowest BCUT2D eigenvalue weighted by molar-refractivity contribution is -0.118. The highest BCUT2D eigenvalue weighted by Gasteiger charge is 2.23. The summed E-state index contributed by atoms with van der Waals surface area (Å²) in [5, 5.41) is 0. The van der Waals surface area contributed by atoms with Gasteiger partial charge in [-0.05, 0) is 30.0 Å². The molecule has 1 heterocycles. The predicted octanol–water partition coefficient (Wildman–Crippen LogP) is 6.06. The summed E-state index contributed by atoms with van der Waals surface area (Å²) in [5.74, 6) is -0.553. The van der Waals surface area contributed by atoms with E-state index in [1.54, 1.807) is 11.3 Å². The number of aryl methyl sites for hydroxylation is 1. The number of benzene rings is 3. The Balaban J connectivity index is 1.85. The summed E-state index contributed by atoms with van der Waals surface area (Å²) in [5.41, 5.74) is 4.24. The third kappa shape index (κ3) is 4.44. The molecule has 0 radical (unpaired) electrons. The van der Waals surface area contributed by atoms with Crippen LogP contribution >= 0.6 is 11.3 Å². The van der Waals surface area contributed by atoms with E-state index in [0.29, 0.717) is 0 Å². The van der Waals surface area contributed by atoms with Crippen LogP contribution in [-0.4, -0.2) is 10.5 Å². The number of amides is 1. The maximum atomic E-state index is 13.6. The summed E-state index contributed by atoms with van der Waals surface area (Å²) in [6.07, 6.45) is 0.902. The van der Waals surface area contributed by atoms with Gasteiger partial charge in [-0.25, -0.2) is 0 Å². The largest absolute Gasteiger partial charge is 0.316 e. The van der Waals surface area contributed by atoms with Gasteiger partial charge in [-0.15, -0.1) is 11.3 Å². The van der Waals surface area contributed by atoms with Crippen LogP contribution in [0.5, 0.6) is 0 Å². The van der Waals surface area contributed by atoms with E-state index >= 15 is 0 Å². The standard InChI is InChI=1S/C27H26N2OS/c1-3-23-25(22-18-12-7-13-19-22)29(4-2)27(31-23)28-26(30)24(20-14-8-5-9-15-20)21-16-10-6-11-17-21/h5-19,24H,3-4H2,1-2H3. The van der Waals surface area contributed by atoms with Crippen LogP contribution in [0.15, 0.2) is 96.0 Å². The van der Waals surface area contributed by atoms with Crippen molar-refractivity contribution in [2.75, 3.05) is 0 Å². The number of aromatic nitrogens is 1. The van der Waals surface area contributed by atoms with Gasteiger partial charge in [0.25, 0.3) is 5.91 Å². The number of thiazole rings is 1. The second-order valence-electron chi connectivity index (χ2n) is 7.32. The Bertz CT molecular complexity index is 1170. The SMILES string of the molecule is CCc1sc(=NC(=O)C(c2ccccc2)c2ccccc2)n(CC)c1-c1ccccc1. The first-order chi connectivity index (χ1) is 15.2. The van der Waals surface area contributed by atoms with Gasteiger partial charge < -0.3 is 4.57 Å². The molecule has 0 fully saturated rings. The Kier molecular flexibility index (Phi) is 6.58. The maximum absolute atomic E-state index is 13.6. The Morgan fingerprint density at radius 2 is 1.35 bits per heavy atom. The van der Waals surface area contributed by atoms with Crippen LogP contribution < -0.4 is 4.80 Å². The highest BCUT2D eigenvalue weighted by Crippen LogP contribution is 2.28. The lowest BCUT2D eigenvalue weighted by Gasteiger charge is -2.14. The van der Waals surface area contributed by atoms with Crippen LogP contribution in [0, 0.1) is 0 Å². The van der Waals surface area contributed by atoms with E-state index in [0.717, 1.165) is 40.2 Å². The summed E-state index contributed by atoms with van der Waals surface area (Å²) in [6, 6.07) is 30.2. The monoisotopic (exact) mass is 426 g/mol. The number of hydrogen-bond donors (Lipinski definition) is 0. The van der Waals surface area contributed by atoms with Crippen LogP contribution in [0.3, 0.4) is 0 Å². The molecule has 0 saturated heterocycles. The molecule has 3 aromatic carbocycles. The average Bonchev–Trinajstić information content (AvgIpc) is 3.18. The van der Waals surface area contributed by atoms with E-state index in [4.69, 9.17) is 0 Å². The molecule has 1 amide bonds. The van der Waals surface area contributed by atoms with Gasteiger partial charge in [0.1, 0.15) is 0 Å². The molecule has 0 spiro atoms. The lowest BCUT2D eigenvalue weighted by Crippen LogP contribution is -2.20. The minimum atomic E-state index is -0.417. The van der Waals surface area contributed by atoms with Crippen LogP contribution in [0.4, 0.5) is 0 Å². The number of rotatable bonds is 6. The summed E-state index contributed by atoms with van der Waals surface area (Å²) >= 11 is 1.62. The Labute approximate surface area is 187 Å². The molecule has 0 saturated carbocycles. The van der Waals surface area contributed by atoms with Crippen molar-refractivity contribution >= 4 is 17.2 Å². The molecule has 0 aliphatic carbocycles. The van der Waals surface area contributed by atoms with Gasteiger partial charge in [-0.3, -0.25) is 4.79 Å². The average molecular weight is 427 g/mol. The zero-order valence-corrected chi connectivity index (χ0v) is 18.7. The van der Waals surface area contributed by atoms with Gasteiger partial charge >= 0.3 is 0 Å². The Morgan fingerprint density at radius 1 is 0.839 bits per heavy atom. The lowest BCUT2D eigenvalue weighted by atomic mass is 9.91. The zero-order valence-electron chi connectivity index (χ0n) is 17.9. The zero-order chi connectivity index (χ0) is 21.6. The Hall–Kier alpha value is -3.24. The van der Waals surface area contributed by atoms with Crippen molar-refractivity contribution in [1.29, 1.82) is 0 Å². The quantitative estimate of drug-likeness (QED) is 0.369. The first-order valence-corrected chi connectivity index (χ1v) is 11.5. The molecule has 0 N–H and O–H groups in total. The minimum Gasteiger partial charge on any atom is -0.316 e. The topological polar surface area (TPSA) is 34.4 Å². The fraction of sp³-hybridized carbons (Fsp3) is 0.185. The van der Waals surface area contributed by atoms with Gasteiger partial charge in [0.05, 0.1) is 11.6 Å². The second-order valence-corrected chi connectivity index (χ2v) is 8.39. The molecule has 4 rings (SSSR count). The maximum Gasteiger partial charge on any atom is 0.260 e. The molecule has 31 heavy (non-hydrogen) atoms. The molecule has 3 nitrogen and oxygen atoms in total. The molecule has 0 unspecified atom stereocenters. The fourth-order valence-electron chi connectivity index (χ4n) is 3.92. The van der Waals surface area contributed by atoms with Crippen LogP contribution in [0.1, 0.15) is 35.8 Å². The molecule has 4 heteroatoms. The van der Waals surface area contributed by atoms with Gasteiger partial charge in [0, 0.05) is 11.4 Å². The molecule has 0 atom stereocenters. The van der Waals surface area contributed by atoms with E-state index in [1.165, 1.54) is 4.88 Å². The van der Waals surface area contributed by atoms with Gasteiger partial charge in [0.15, 0.2) is 4.80 Å². The first kappa shape index (κ1) is 21.0. The van der Waals surface area contributed by atoms with Crippen molar-refractivity contribution in [2.45, 2.75) is 32.7 Å². The van der Waals surface area contributed by atoms with Gasteiger partial charge in [0.2, 0.25) is 0 Å².